The van der Waals surface area contributed by atoms with Gasteiger partial charge in [-0.1, -0.05) is 0 Å². The van der Waals surface area contributed by atoms with Crippen molar-refractivity contribution in [3.8, 4) is 5.75 Å². The number of ether oxygens (including phenoxy) is 1. The van der Waals surface area contributed by atoms with Gasteiger partial charge >= 0.3 is 6.61 Å². The van der Waals surface area contributed by atoms with Crippen molar-refractivity contribution in [2.24, 2.45) is 0 Å². The Morgan fingerprint density at radius 3 is 2.37 bits per heavy atom. The number of hydrogen-bond acceptors (Lipinski definition) is 3. The van der Waals surface area contributed by atoms with Gasteiger partial charge in [-0.05, 0) is 30.3 Å². The molecule has 1 aromatic heterocycles. The molecule has 0 aliphatic rings. The van der Waals surface area contributed by atoms with E-state index in [4.69, 9.17) is 0 Å². The number of nitrogens with zero attached hydrogens (tertiary/aromatic N) is 1. The van der Waals surface area contributed by atoms with Crippen molar-refractivity contribution in [1.29, 1.82) is 0 Å². The molecule has 2 aromatic rings. The SMILES string of the molecule is O=C(c1ccc(OC(F)F)cc1)c1cncc(F)c1. The number of ketones is 1. The average Bonchev–Trinajstić information content (AvgIpc) is 2.38. The summed E-state index contributed by atoms with van der Waals surface area (Å²) in [6, 6.07) is 6.19. The van der Waals surface area contributed by atoms with Crippen molar-refractivity contribution in [1.82, 2.24) is 4.98 Å². The molecule has 0 amide bonds. The molecule has 0 fully saturated rings. The first-order valence-corrected chi connectivity index (χ1v) is 5.26. The lowest BCUT2D eigenvalue weighted by atomic mass is 10.1. The number of rotatable bonds is 4. The van der Waals surface area contributed by atoms with Gasteiger partial charge in [0.15, 0.2) is 5.78 Å². The van der Waals surface area contributed by atoms with Crippen LogP contribution in [0.15, 0.2) is 42.7 Å². The maximum Gasteiger partial charge on any atom is 0.387 e. The Kier molecular flexibility index (Phi) is 3.79. The zero-order valence-electron chi connectivity index (χ0n) is 9.52. The van der Waals surface area contributed by atoms with Crippen molar-refractivity contribution >= 4 is 5.78 Å². The highest BCUT2D eigenvalue weighted by molar-refractivity contribution is 6.08. The Balaban J connectivity index is 2.20. The predicted octanol–water partition coefficient (Wildman–Crippen LogP) is 3.05. The van der Waals surface area contributed by atoms with E-state index < -0.39 is 18.2 Å². The van der Waals surface area contributed by atoms with Crippen LogP contribution in [-0.4, -0.2) is 17.4 Å². The van der Waals surface area contributed by atoms with Gasteiger partial charge in [0, 0.05) is 17.3 Å². The Hall–Kier alpha value is -2.37. The summed E-state index contributed by atoms with van der Waals surface area (Å²) < 4.78 is 41.0. The largest absolute Gasteiger partial charge is 0.435 e. The van der Waals surface area contributed by atoms with E-state index in [1.807, 2.05) is 0 Å². The molecule has 0 saturated heterocycles. The number of benzene rings is 1. The average molecular weight is 267 g/mol. The van der Waals surface area contributed by atoms with Gasteiger partial charge in [0.05, 0.1) is 6.20 Å². The molecule has 0 atom stereocenters. The summed E-state index contributed by atoms with van der Waals surface area (Å²) in [5.74, 6) is -1.12. The molecular formula is C13H8F3NO2. The predicted molar refractivity (Wildman–Crippen MR) is 60.7 cm³/mol. The van der Waals surface area contributed by atoms with E-state index in [1.165, 1.54) is 30.5 Å². The van der Waals surface area contributed by atoms with E-state index >= 15 is 0 Å². The second-order valence-corrected chi connectivity index (χ2v) is 3.62. The smallest absolute Gasteiger partial charge is 0.387 e. The van der Waals surface area contributed by atoms with Crippen molar-refractivity contribution in [3.63, 3.8) is 0 Å². The highest BCUT2D eigenvalue weighted by atomic mass is 19.3. The lowest BCUT2D eigenvalue weighted by Crippen LogP contribution is -2.04. The van der Waals surface area contributed by atoms with Crippen LogP contribution in [0.25, 0.3) is 0 Å². The maximum absolute atomic E-state index is 12.9. The van der Waals surface area contributed by atoms with Crippen LogP contribution in [0.5, 0.6) is 5.75 Å². The second-order valence-electron chi connectivity index (χ2n) is 3.62. The number of halogens is 3. The topological polar surface area (TPSA) is 39.2 Å². The van der Waals surface area contributed by atoms with Gasteiger partial charge in [0.25, 0.3) is 0 Å². The number of alkyl halides is 2. The molecule has 19 heavy (non-hydrogen) atoms. The Labute approximate surface area is 106 Å². The van der Waals surface area contributed by atoms with Crippen LogP contribution >= 0.6 is 0 Å². The van der Waals surface area contributed by atoms with E-state index in [0.717, 1.165) is 12.3 Å². The minimum Gasteiger partial charge on any atom is -0.435 e. The zero-order chi connectivity index (χ0) is 13.8. The van der Waals surface area contributed by atoms with Crippen molar-refractivity contribution in [2.75, 3.05) is 0 Å². The second kappa shape index (κ2) is 5.51. The molecule has 0 N–H and O–H groups in total. The summed E-state index contributed by atoms with van der Waals surface area (Å²) in [7, 11) is 0. The van der Waals surface area contributed by atoms with Gasteiger partial charge < -0.3 is 4.74 Å². The molecule has 3 nitrogen and oxygen atoms in total. The molecule has 2 rings (SSSR count). The van der Waals surface area contributed by atoms with E-state index in [0.29, 0.717) is 0 Å². The standard InChI is InChI=1S/C13H8F3NO2/c14-10-5-9(6-17-7-10)12(18)8-1-3-11(4-2-8)19-13(15)16/h1-7,13H. The molecule has 0 bridgehead atoms. The number of hydrogen-bond donors (Lipinski definition) is 0. The molecule has 0 unspecified atom stereocenters. The molecule has 6 heteroatoms. The van der Waals surface area contributed by atoms with Crippen LogP contribution < -0.4 is 4.74 Å². The third-order valence-electron chi connectivity index (χ3n) is 2.31. The summed E-state index contributed by atoms with van der Waals surface area (Å²) in [4.78, 5) is 15.5. The fourth-order valence-electron chi connectivity index (χ4n) is 1.49. The maximum atomic E-state index is 12.9. The van der Waals surface area contributed by atoms with Crippen LogP contribution in [0.4, 0.5) is 13.2 Å². The Morgan fingerprint density at radius 2 is 1.79 bits per heavy atom. The van der Waals surface area contributed by atoms with Crippen LogP contribution in [-0.2, 0) is 0 Å². The Bertz CT molecular complexity index is 585. The quantitative estimate of drug-likeness (QED) is 0.799. The number of pyridine rings is 1. The van der Waals surface area contributed by atoms with Gasteiger partial charge in [0.1, 0.15) is 11.6 Å². The third-order valence-corrected chi connectivity index (χ3v) is 2.31. The van der Waals surface area contributed by atoms with Gasteiger partial charge in [-0.15, -0.1) is 0 Å². The first kappa shape index (κ1) is 13.1. The molecule has 0 aliphatic carbocycles. The van der Waals surface area contributed by atoms with Gasteiger partial charge in [-0.2, -0.15) is 8.78 Å². The lowest BCUT2D eigenvalue weighted by Gasteiger charge is -2.05. The van der Waals surface area contributed by atoms with Crippen molar-refractivity contribution < 1.29 is 22.7 Å². The molecule has 98 valence electrons. The van der Waals surface area contributed by atoms with Crippen LogP contribution in [0.1, 0.15) is 15.9 Å². The molecule has 1 aromatic carbocycles. The zero-order valence-corrected chi connectivity index (χ0v) is 9.52. The molecule has 0 spiro atoms. The lowest BCUT2D eigenvalue weighted by molar-refractivity contribution is -0.0498. The Morgan fingerprint density at radius 1 is 1.11 bits per heavy atom. The van der Waals surface area contributed by atoms with Crippen LogP contribution in [0.2, 0.25) is 0 Å². The molecule has 1 heterocycles. The minimum absolute atomic E-state index is 0.0519. The third kappa shape index (κ3) is 3.31. The normalized spacial score (nSPS) is 10.5. The first-order valence-electron chi connectivity index (χ1n) is 5.26. The monoisotopic (exact) mass is 267 g/mol. The fourth-order valence-corrected chi connectivity index (χ4v) is 1.49. The van der Waals surface area contributed by atoms with Crippen LogP contribution in [0.3, 0.4) is 0 Å². The number of aromatic nitrogens is 1. The van der Waals surface area contributed by atoms with E-state index in [-0.39, 0.29) is 16.9 Å². The van der Waals surface area contributed by atoms with E-state index in [9.17, 15) is 18.0 Å². The summed E-state index contributed by atoms with van der Waals surface area (Å²) in [6.07, 6.45) is 2.21. The molecule has 0 aliphatic heterocycles. The summed E-state index contributed by atoms with van der Waals surface area (Å²) in [5, 5.41) is 0. The van der Waals surface area contributed by atoms with Crippen molar-refractivity contribution in [2.45, 2.75) is 6.61 Å². The number of carbonyl (C=O) groups excluding carboxylic acids is 1. The fraction of sp³-hybridized carbons (Fsp3) is 0.0769. The molecule has 0 saturated carbocycles. The van der Waals surface area contributed by atoms with Gasteiger partial charge in [-0.3, -0.25) is 9.78 Å². The van der Waals surface area contributed by atoms with Crippen molar-refractivity contribution in [3.05, 3.63) is 59.7 Å². The highest BCUT2D eigenvalue weighted by Gasteiger charge is 2.11. The first-order chi connectivity index (χ1) is 9.06. The van der Waals surface area contributed by atoms with E-state index in [2.05, 4.69) is 9.72 Å². The minimum atomic E-state index is -2.92. The number of carbonyl (C=O) groups is 1. The van der Waals surface area contributed by atoms with Gasteiger partial charge in [0.2, 0.25) is 0 Å². The van der Waals surface area contributed by atoms with Crippen LogP contribution in [0, 0.1) is 5.82 Å². The molecule has 0 radical (unpaired) electrons. The van der Waals surface area contributed by atoms with Gasteiger partial charge in [-0.25, -0.2) is 4.39 Å². The van der Waals surface area contributed by atoms with E-state index in [1.54, 1.807) is 0 Å². The summed E-state index contributed by atoms with van der Waals surface area (Å²) in [5.41, 5.74) is 0.316. The summed E-state index contributed by atoms with van der Waals surface area (Å²) in [6.45, 7) is -2.92. The summed E-state index contributed by atoms with van der Waals surface area (Å²) >= 11 is 0. The highest BCUT2D eigenvalue weighted by Crippen LogP contribution is 2.17. The molecular weight excluding hydrogens is 259 g/mol.